The second-order valence-electron chi connectivity index (χ2n) is 4.60. The zero-order chi connectivity index (χ0) is 13.8. The van der Waals surface area contributed by atoms with Crippen molar-refractivity contribution in [3.05, 3.63) is 0 Å². The maximum Gasteiger partial charge on any atom is 0.214 e. The highest BCUT2D eigenvalue weighted by molar-refractivity contribution is 7.92. The Morgan fingerprint density at radius 1 is 1.33 bits per heavy atom. The maximum atomic E-state index is 12.1. The Balaban J connectivity index is 2.64. The van der Waals surface area contributed by atoms with Gasteiger partial charge in [0.15, 0.2) is 0 Å². The van der Waals surface area contributed by atoms with E-state index in [2.05, 4.69) is 4.72 Å². The van der Waals surface area contributed by atoms with Gasteiger partial charge in [0.1, 0.15) is 9.84 Å². The molecule has 1 saturated heterocycles. The molecule has 1 fully saturated rings. The van der Waals surface area contributed by atoms with Crippen molar-refractivity contribution in [2.75, 3.05) is 17.4 Å². The average Bonchev–Trinajstić information content (AvgIpc) is 2.27. The fraction of sp³-hybridized carbons (Fsp3) is 1.00. The molecule has 0 spiro atoms. The van der Waals surface area contributed by atoms with Crippen LogP contribution in [0.25, 0.3) is 0 Å². The van der Waals surface area contributed by atoms with E-state index in [1.807, 2.05) is 6.92 Å². The van der Waals surface area contributed by atoms with Crippen LogP contribution in [0.2, 0.25) is 0 Å². The van der Waals surface area contributed by atoms with Crippen LogP contribution in [0.15, 0.2) is 0 Å². The van der Waals surface area contributed by atoms with Gasteiger partial charge in [0.2, 0.25) is 10.0 Å². The van der Waals surface area contributed by atoms with Crippen LogP contribution in [-0.2, 0) is 19.9 Å². The summed E-state index contributed by atoms with van der Waals surface area (Å²) in [5, 5.41) is -0.592. The molecular weight excluding hydrogens is 298 g/mol. The Hall–Kier alpha value is 0.150. The van der Waals surface area contributed by atoms with Gasteiger partial charge in [-0.25, -0.2) is 21.6 Å². The van der Waals surface area contributed by atoms with Gasteiger partial charge in [0.25, 0.3) is 0 Å². The molecule has 1 N–H and O–H groups in total. The Bertz CT molecular complexity index is 446. The third-order valence-electron chi connectivity index (χ3n) is 3.22. The van der Waals surface area contributed by atoms with E-state index in [0.717, 1.165) is 0 Å². The molecule has 0 saturated carbocycles. The lowest BCUT2D eigenvalue weighted by atomic mass is 10.2. The minimum atomic E-state index is -3.44. The van der Waals surface area contributed by atoms with Gasteiger partial charge in [-0.2, -0.15) is 0 Å². The van der Waals surface area contributed by atoms with E-state index in [1.165, 1.54) is 0 Å². The molecule has 1 rings (SSSR count). The van der Waals surface area contributed by atoms with Crippen LogP contribution >= 0.6 is 11.6 Å². The number of sulfone groups is 1. The number of halogens is 1. The van der Waals surface area contributed by atoms with Gasteiger partial charge >= 0.3 is 0 Å². The molecule has 108 valence electrons. The van der Waals surface area contributed by atoms with Gasteiger partial charge < -0.3 is 0 Å². The second kappa shape index (κ2) is 6.54. The SMILES string of the molecule is CCC(CCCl)NS(=O)(=O)C1CCS(=O)(=O)CC1. The van der Waals surface area contributed by atoms with E-state index in [9.17, 15) is 16.8 Å². The van der Waals surface area contributed by atoms with Gasteiger partial charge in [-0.1, -0.05) is 6.92 Å². The lowest BCUT2D eigenvalue weighted by molar-refractivity contribution is 0.510. The zero-order valence-electron chi connectivity index (χ0n) is 10.4. The molecule has 1 unspecified atom stereocenters. The summed E-state index contributed by atoms with van der Waals surface area (Å²) in [4.78, 5) is 0. The number of hydrogen-bond acceptors (Lipinski definition) is 4. The van der Waals surface area contributed by atoms with E-state index in [1.54, 1.807) is 0 Å². The largest absolute Gasteiger partial charge is 0.229 e. The molecule has 0 radical (unpaired) electrons. The normalized spacial score (nSPS) is 22.8. The summed E-state index contributed by atoms with van der Waals surface area (Å²) < 4.78 is 49.4. The fourth-order valence-electron chi connectivity index (χ4n) is 1.99. The van der Waals surface area contributed by atoms with Crippen molar-refractivity contribution in [2.24, 2.45) is 0 Å². The van der Waals surface area contributed by atoms with E-state index < -0.39 is 25.1 Å². The molecule has 5 nitrogen and oxygen atoms in total. The van der Waals surface area contributed by atoms with Crippen molar-refractivity contribution in [1.82, 2.24) is 4.72 Å². The average molecular weight is 318 g/mol. The van der Waals surface area contributed by atoms with Crippen molar-refractivity contribution in [3.63, 3.8) is 0 Å². The summed E-state index contributed by atoms with van der Waals surface area (Å²) in [6.07, 6.45) is 1.64. The van der Waals surface area contributed by atoms with Crippen LogP contribution < -0.4 is 4.72 Å². The quantitative estimate of drug-likeness (QED) is 0.738. The maximum absolute atomic E-state index is 12.1. The first-order valence-corrected chi connectivity index (χ1v) is 9.98. The number of alkyl halides is 1. The molecule has 0 amide bonds. The summed E-state index contributed by atoms with van der Waals surface area (Å²) in [6.45, 7) is 1.89. The zero-order valence-corrected chi connectivity index (χ0v) is 12.8. The molecule has 8 heteroatoms. The Kier molecular flexibility index (Phi) is 5.89. The molecular formula is C10H20ClNO4S2. The van der Waals surface area contributed by atoms with E-state index in [0.29, 0.717) is 18.7 Å². The van der Waals surface area contributed by atoms with E-state index in [4.69, 9.17) is 11.6 Å². The Labute approximate surface area is 114 Å². The lowest BCUT2D eigenvalue weighted by Gasteiger charge is -2.25. The summed E-state index contributed by atoms with van der Waals surface area (Å²) in [7, 11) is -6.47. The van der Waals surface area contributed by atoms with Gasteiger partial charge in [0, 0.05) is 11.9 Å². The molecule has 0 aromatic carbocycles. The highest BCUT2D eigenvalue weighted by atomic mass is 35.5. The van der Waals surface area contributed by atoms with Crippen molar-refractivity contribution < 1.29 is 16.8 Å². The van der Waals surface area contributed by atoms with Crippen LogP contribution in [0.3, 0.4) is 0 Å². The van der Waals surface area contributed by atoms with Crippen molar-refractivity contribution in [1.29, 1.82) is 0 Å². The van der Waals surface area contributed by atoms with Crippen molar-refractivity contribution in [2.45, 2.75) is 43.9 Å². The minimum Gasteiger partial charge on any atom is -0.229 e. The molecule has 0 aromatic heterocycles. The molecule has 1 aliphatic rings. The van der Waals surface area contributed by atoms with Crippen LogP contribution in [0.5, 0.6) is 0 Å². The number of hydrogen-bond donors (Lipinski definition) is 1. The third kappa shape index (κ3) is 4.68. The summed E-state index contributed by atoms with van der Waals surface area (Å²) in [6, 6.07) is -0.161. The van der Waals surface area contributed by atoms with Crippen LogP contribution in [0.4, 0.5) is 0 Å². The Morgan fingerprint density at radius 2 is 1.89 bits per heavy atom. The summed E-state index contributed by atoms with van der Waals surface area (Å²) >= 11 is 5.61. The number of nitrogens with one attached hydrogen (secondary N) is 1. The molecule has 0 aliphatic carbocycles. The third-order valence-corrected chi connectivity index (χ3v) is 7.17. The molecule has 1 atom stereocenters. The van der Waals surface area contributed by atoms with Crippen molar-refractivity contribution in [3.8, 4) is 0 Å². The smallest absolute Gasteiger partial charge is 0.214 e. The first kappa shape index (κ1) is 16.2. The first-order chi connectivity index (χ1) is 8.30. The molecule has 0 bridgehead atoms. The highest BCUT2D eigenvalue weighted by Gasteiger charge is 2.33. The van der Waals surface area contributed by atoms with Gasteiger partial charge in [-0.3, -0.25) is 0 Å². The fourth-order valence-corrected chi connectivity index (χ4v) is 5.84. The molecule has 0 aromatic rings. The second-order valence-corrected chi connectivity index (χ2v) is 9.27. The monoisotopic (exact) mass is 317 g/mol. The topological polar surface area (TPSA) is 80.3 Å². The molecule has 1 aliphatic heterocycles. The van der Waals surface area contributed by atoms with Crippen molar-refractivity contribution >= 4 is 31.5 Å². The highest BCUT2D eigenvalue weighted by Crippen LogP contribution is 2.19. The molecule has 1 heterocycles. The molecule has 18 heavy (non-hydrogen) atoms. The van der Waals surface area contributed by atoms with Gasteiger partial charge in [0.05, 0.1) is 16.8 Å². The lowest BCUT2D eigenvalue weighted by Crippen LogP contribution is -2.44. The Morgan fingerprint density at radius 3 is 2.33 bits per heavy atom. The summed E-state index contributed by atoms with van der Waals surface area (Å²) in [5.74, 6) is 0.329. The minimum absolute atomic E-state index is 0.0368. The summed E-state index contributed by atoms with van der Waals surface area (Å²) in [5.41, 5.74) is 0. The van der Waals surface area contributed by atoms with Crippen LogP contribution in [-0.4, -0.2) is 45.5 Å². The standard InChI is InChI=1S/C10H20ClNO4S2/c1-2-9(3-6-11)12-18(15,16)10-4-7-17(13,14)8-5-10/h9-10,12H,2-8H2,1H3. The van der Waals surface area contributed by atoms with Gasteiger partial charge in [-0.15, -0.1) is 11.6 Å². The predicted octanol–water partition coefficient (Wildman–Crippen LogP) is 0.891. The predicted molar refractivity (Wildman–Crippen MR) is 73.1 cm³/mol. The van der Waals surface area contributed by atoms with E-state index in [-0.39, 0.29) is 30.4 Å². The van der Waals surface area contributed by atoms with Gasteiger partial charge in [-0.05, 0) is 25.7 Å². The van der Waals surface area contributed by atoms with Crippen LogP contribution in [0, 0.1) is 0 Å². The number of sulfonamides is 1. The first-order valence-electron chi connectivity index (χ1n) is 6.08. The van der Waals surface area contributed by atoms with E-state index >= 15 is 0 Å². The number of rotatable bonds is 6. The van der Waals surface area contributed by atoms with Crippen LogP contribution in [0.1, 0.15) is 32.6 Å².